The van der Waals surface area contributed by atoms with Crippen molar-refractivity contribution < 1.29 is 5.11 Å². The molecule has 1 fully saturated rings. The molecule has 0 amide bonds. The molecule has 2 aromatic rings. The minimum atomic E-state index is -0.339. The summed E-state index contributed by atoms with van der Waals surface area (Å²) in [7, 11) is 1.97. The van der Waals surface area contributed by atoms with Gasteiger partial charge >= 0.3 is 0 Å². The van der Waals surface area contributed by atoms with Crippen LogP contribution in [0.2, 0.25) is 0 Å². The van der Waals surface area contributed by atoms with Gasteiger partial charge in [-0.3, -0.25) is 9.58 Å². The highest BCUT2D eigenvalue weighted by Gasteiger charge is 2.38. The Kier molecular flexibility index (Phi) is 3.08. The van der Waals surface area contributed by atoms with Gasteiger partial charge in [-0.25, -0.2) is 0 Å². The lowest BCUT2D eigenvalue weighted by atomic mass is 10.0. The van der Waals surface area contributed by atoms with Crippen LogP contribution in [-0.2, 0) is 13.5 Å². The number of hydrogen-bond donors (Lipinski definition) is 1. The van der Waals surface area contributed by atoms with Gasteiger partial charge in [0.05, 0.1) is 12.3 Å². The Morgan fingerprint density at radius 2 is 2.14 bits per heavy atom. The van der Waals surface area contributed by atoms with Crippen LogP contribution in [0.1, 0.15) is 35.1 Å². The van der Waals surface area contributed by atoms with Crippen molar-refractivity contribution in [1.82, 2.24) is 14.7 Å². The maximum absolute atomic E-state index is 10.6. The number of rotatable bonds is 2. The topological polar surface area (TPSA) is 41.3 Å². The third-order valence-corrected chi connectivity index (χ3v) is 5.05. The Hall–Kier alpha value is -1.65. The monoisotopic (exact) mass is 283 g/mol. The van der Waals surface area contributed by atoms with Gasteiger partial charge < -0.3 is 5.11 Å². The first-order chi connectivity index (χ1) is 10.2. The Labute approximate surface area is 125 Å². The van der Waals surface area contributed by atoms with E-state index < -0.39 is 0 Å². The fourth-order valence-electron chi connectivity index (χ4n) is 3.89. The molecule has 0 saturated carbocycles. The largest absolute Gasteiger partial charge is 0.387 e. The number of likely N-dealkylation sites (tertiary alicyclic amines) is 1. The van der Waals surface area contributed by atoms with Crippen LogP contribution in [-0.4, -0.2) is 38.9 Å². The number of benzene rings is 1. The quantitative estimate of drug-likeness (QED) is 0.915. The van der Waals surface area contributed by atoms with Gasteiger partial charge in [0.15, 0.2) is 0 Å². The maximum Gasteiger partial charge on any atom is 0.0951 e. The molecule has 2 heterocycles. The van der Waals surface area contributed by atoms with Crippen molar-refractivity contribution in [3.05, 3.63) is 53.3 Å². The van der Waals surface area contributed by atoms with Crippen molar-refractivity contribution in [1.29, 1.82) is 0 Å². The Balaban J connectivity index is 1.50. The molecule has 0 radical (unpaired) electrons. The van der Waals surface area contributed by atoms with Crippen LogP contribution in [0.15, 0.2) is 36.7 Å². The van der Waals surface area contributed by atoms with Crippen molar-refractivity contribution in [2.24, 2.45) is 7.05 Å². The van der Waals surface area contributed by atoms with Crippen molar-refractivity contribution >= 4 is 0 Å². The van der Waals surface area contributed by atoms with E-state index in [9.17, 15) is 5.11 Å². The lowest BCUT2D eigenvalue weighted by Crippen LogP contribution is -2.36. The highest BCUT2D eigenvalue weighted by atomic mass is 16.3. The third kappa shape index (κ3) is 2.19. The summed E-state index contributed by atoms with van der Waals surface area (Å²) in [5, 5.41) is 14.9. The average molecular weight is 283 g/mol. The second kappa shape index (κ2) is 4.97. The number of aryl methyl sites for hydroxylation is 1. The molecule has 21 heavy (non-hydrogen) atoms. The van der Waals surface area contributed by atoms with Crippen LogP contribution in [0.5, 0.6) is 0 Å². The third-order valence-electron chi connectivity index (χ3n) is 5.05. The Morgan fingerprint density at radius 1 is 1.29 bits per heavy atom. The van der Waals surface area contributed by atoms with Gasteiger partial charge in [-0.1, -0.05) is 24.3 Å². The van der Waals surface area contributed by atoms with Crippen LogP contribution in [0.25, 0.3) is 0 Å². The van der Waals surface area contributed by atoms with Gasteiger partial charge in [-0.2, -0.15) is 5.10 Å². The van der Waals surface area contributed by atoms with Gasteiger partial charge in [-0.15, -0.1) is 0 Å². The van der Waals surface area contributed by atoms with E-state index in [-0.39, 0.29) is 12.1 Å². The first-order valence-corrected chi connectivity index (χ1v) is 7.71. The first kappa shape index (κ1) is 13.0. The second-order valence-electron chi connectivity index (χ2n) is 6.34. The summed E-state index contributed by atoms with van der Waals surface area (Å²) in [6.07, 6.45) is 5.89. The minimum Gasteiger partial charge on any atom is -0.387 e. The number of aliphatic hydroxyl groups excluding tert-OH is 1. The number of nitrogens with zero attached hydrogens (tertiary/aromatic N) is 3. The molecular weight excluding hydrogens is 262 g/mol. The molecule has 1 aromatic carbocycles. The predicted octanol–water partition coefficient (Wildman–Crippen LogP) is 1.87. The summed E-state index contributed by atoms with van der Waals surface area (Å²) in [5.74, 6) is 0.551. The van der Waals surface area contributed by atoms with E-state index >= 15 is 0 Å². The molecule has 1 aromatic heterocycles. The number of hydrogen-bond acceptors (Lipinski definition) is 3. The molecule has 0 unspecified atom stereocenters. The van der Waals surface area contributed by atoms with Crippen molar-refractivity contribution in [3.8, 4) is 0 Å². The SMILES string of the molecule is Cn1cc([C@@H]2CCN([C@@H]3Cc4ccccc4[C@H]3O)C2)cn1. The van der Waals surface area contributed by atoms with Crippen LogP contribution in [0.4, 0.5) is 0 Å². The highest BCUT2D eigenvalue weighted by Crippen LogP contribution is 2.38. The molecule has 4 heteroatoms. The lowest BCUT2D eigenvalue weighted by Gasteiger charge is -2.26. The van der Waals surface area contributed by atoms with E-state index in [0.717, 1.165) is 31.5 Å². The van der Waals surface area contributed by atoms with Crippen molar-refractivity contribution in [2.75, 3.05) is 13.1 Å². The lowest BCUT2D eigenvalue weighted by molar-refractivity contribution is 0.0742. The summed E-state index contributed by atoms with van der Waals surface area (Å²) in [4.78, 5) is 2.46. The van der Waals surface area contributed by atoms with Crippen molar-refractivity contribution in [2.45, 2.75) is 30.9 Å². The molecule has 2 aliphatic rings. The van der Waals surface area contributed by atoms with E-state index in [4.69, 9.17) is 0 Å². The molecule has 1 aliphatic carbocycles. The summed E-state index contributed by atoms with van der Waals surface area (Å²) in [5.41, 5.74) is 3.75. The molecule has 4 rings (SSSR count). The molecule has 110 valence electrons. The van der Waals surface area contributed by atoms with Crippen LogP contribution < -0.4 is 0 Å². The second-order valence-corrected chi connectivity index (χ2v) is 6.34. The number of aliphatic hydroxyl groups is 1. The molecule has 1 N–H and O–H groups in total. The van der Waals surface area contributed by atoms with Crippen LogP contribution >= 0.6 is 0 Å². The average Bonchev–Trinajstić information content (AvgIpc) is 3.18. The highest BCUT2D eigenvalue weighted by molar-refractivity contribution is 5.36. The summed E-state index contributed by atoms with van der Waals surface area (Å²) >= 11 is 0. The predicted molar refractivity (Wildman–Crippen MR) is 81.0 cm³/mol. The Morgan fingerprint density at radius 3 is 2.90 bits per heavy atom. The summed E-state index contributed by atoms with van der Waals surface area (Å²) < 4.78 is 1.87. The van der Waals surface area contributed by atoms with E-state index in [1.165, 1.54) is 11.1 Å². The van der Waals surface area contributed by atoms with E-state index in [1.807, 2.05) is 24.0 Å². The maximum atomic E-state index is 10.6. The van der Waals surface area contributed by atoms with E-state index in [0.29, 0.717) is 5.92 Å². The van der Waals surface area contributed by atoms with Gasteiger partial charge in [0.25, 0.3) is 0 Å². The zero-order valence-electron chi connectivity index (χ0n) is 12.3. The standard InChI is InChI=1S/C17H21N3O/c1-19-10-14(9-18-19)13-6-7-20(11-13)16-8-12-4-2-3-5-15(12)17(16)21/h2-5,9-10,13,16-17,21H,6-8,11H2,1H3/t13-,16-,17-/m1/s1. The van der Waals surface area contributed by atoms with Gasteiger partial charge in [0.2, 0.25) is 0 Å². The molecule has 0 bridgehead atoms. The Bertz CT molecular complexity index is 651. The summed E-state index contributed by atoms with van der Waals surface area (Å²) in [6, 6.07) is 8.54. The van der Waals surface area contributed by atoms with Crippen LogP contribution in [0.3, 0.4) is 0 Å². The molecule has 4 nitrogen and oxygen atoms in total. The van der Waals surface area contributed by atoms with Gasteiger partial charge in [-0.05, 0) is 36.1 Å². The smallest absolute Gasteiger partial charge is 0.0951 e. The zero-order valence-corrected chi connectivity index (χ0v) is 12.3. The van der Waals surface area contributed by atoms with E-state index in [1.54, 1.807) is 0 Å². The fourth-order valence-corrected chi connectivity index (χ4v) is 3.89. The normalized spacial score (nSPS) is 29.0. The van der Waals surface area contributed by atoms with Gasteiger partial charge in [0, 0.05) is 31.7 Å². The number of aromatic nitrogens is 2. The molecular formula is C17H21N3O. The molecule has 0 spiro atoms. The molecule has 3 atom stereocenters. The zero-order chi connectivity index (χ0) is 14.4. The summed E-state index contributed by atoms with van der Waals surface area (Å²) in [6.45, 7) is 2.09. The molecule has 1 aliphatic heterocycles. The van der Waals surface area contributed by atoms with Gasteiger partial charge in [0.1, 0.15) is 0 Å². The van der Waals surface area contributed by atoms with Crippen LogP contribution in [0, 0.1) is 0 Å². The number of fused-ring (bicyclic) bond motifs is 1. The minimum absolute atomic E-state index is 0.240. The first-order valence-electron chi connectivity index (χ1n) is 7.71. The van der Waals surface area contributed by atoms with E-state index in [2.05, 4.69) is 34.4 Å². The fraction of sp³-hybridized carbons (Fsp3) is 0.471. The molecule has 1 saturated heterocycles. The van der Waals surface area contributed by atoms with Crippen molar-refractivity contribution in [3.63, 3.8) is 0 Å².